The predicted molar refractivity (Wildman–Crippen MR) is 163 cm³/mol. The molecule has 1 aromatic heterocycles. The molecule has 4 aromatic rings. The number of ether oxygens (including phenoxy) is 1. The first-order valence-electron chi connectivity index (χ1n) is 14.1. The van der Waals surface area contributed by atoms with Crippen molar-refractivity contribution < 1.29 is 18.3 Å². The number of aromatic nitrogens is 1. The Morgan fingerprint density at radius 2 is 1.70 bits per heavy atom. The molecular formula is C32H37N3O4S. The van der Waals surface area contributed by atoms with Crippen LogP contribution < -0.4 is 9.21 Å². The number of esters is 1. The highest BCUT2D eigenvalue weighted by atomic mass is 32.2. The summed E-state index contributed by atoms with van der Waals surface area (Å²) < 4.78 is 32.5. The minimum Gasteiger partial charge on any atom is -0.461 e. The van der Waals surface area contributed by atoms with Crippen molar-refractivity contribution in [3.63, 3.8) is 0 Å². The van der Waals surface area contributed by atoms with Crippen molar-refractivity contribution in [3.05, 3.63) is 84.1 Å². The molecule has 0 aliphatic heterocycles. The maximum absolute atomic E-state index is 13.1. The Kier molecular flexibility index (Phi) is 8.57. The SMILES string of the molecule is CCOC(=O)c1cc2ccccc2n1-c1ccc(N(CC)C2CCCCC2)c(N(c2ccc(C)cc2)S(=O)O)c1. The Bertz CT molecular complexity index is 1510. The molecule has 1 aliphatic rings. The van der Waals surface area contributed by atoms with E-state index in [0.717, 1.165) is 41.5 Å². The minimum absolute atomic E-state index is 0.266. The van der Waals surface area contributed by atoms with E-state index in [4.69, 9.17) is 4.74 Å². The molecular weight excluding hydrogens is 522 g/mol. The van der Waals surface area contributed by atoms with Gasteiger partial charge in [-0.05, 0) is 76.1 Å². The standard InChI is InChI=1S/C32H37N3O4S/c1-4-33(25-12-7-6-8-13-25)29-20-19-27(22-30(29)35(40(37)38)26-17-15-23(3)16-18-26)34-28-14-10-9-11-24(28)21-31(34)32(36)39-5-2/h9-11,14-22,25H,4-8,12-13H2,1-3H3,(H,37,38). The molecule has 1 unspecified atom stereocenters. The molecule has 7 nitrogen and oxygen atoms in total. The molecule has 8 heteroatoms. The van der Waals surface area contributed by atoms with Gasteiger partial charge < -0.3 is 14.2 Å². The van der Waals surface area contributed by atoms with Crippen LogP contribution in [0.2, 0.25) is 0 Å². The zero-order valence-corrected chi connectivity index (χ0v) is 24.2. The summed E-state index contributed by atoms with van der Waals surface area (Å²) in [7, 11) is 0. The van der Waals surface area contributed by atoms with Crippen LogP contribution in [0.25, 0.3) is 16.6 Å². The number of carbonyl (C=O) groups excluding carboxylic acids is 1. The second-order valence-corrected chi connectivity index (χ2v) is 11.1. The van der Waals surface area contributed by atoms with E-state index in [1.165, 1.54) is 23.6 Å². The topological polar surface area (TPSA) is 75.0 Å². The first-order chi connectivity index (χ1) is 19.4. The summed E-state index contributed by atoms with van der Waals surface area (Å²) in [6.07, 6.45) is 5.79. The van der Waals surface area contributed by atoms with Gasteiger partial charge in [0.15, 0.2) is 0 Å². The van der Waals surface area contributed by atoms with Crippen molar-refractivity contribution in [2.24, 2.45) is 0 Å². The number of hydrogen-bond acceptors (Lipinski definition) is 4. The number of nitrogens with zero attached hydrogens (tertiary/aromatic N) is 3. The number of benzene rings is 3. The molecule has 1 N–H and O–H groups in total. The fourth-order valence-corrected chi connectivity index (χ4v) is 6.47. The average Bonchev–Trinajstić information content (AvgIpc) is 3.36. The highest BCUT2D eigenvalue weighted by molar-refractivity contribution is 7.81. The number of hydrogen-bond donors (Lipinski definition) is 1. The number of rotatable bonds is 9. The number of para-hydroxylation sites is 1. The van der Waals surface area contributed by atoms with Gasteiger partial charge in [-0.25, -0.2) is 13.3 Å². The average molecular weight is 560 g/mol. The highest BCUT2D eigenvalue weighted by Gasteiger charge is 2.28. The van der Waals surface area contributed by atoms with Gasteiger partial charge in [-0.15, -0.1) is 0 Å². The van der Waals surface area contributed by atoms with Gasteiger partial charge >= 0.3 is 5.97 Å². The van der Waals surface area contributed by atoms with Gasteiger partial charge in [-0.3, -0.25) is 4.55 Å². The Morgan fingerprint density at radius 3 is 2.38 bits per heavy atom. The molecule has 1 fully saturated rings. The van der Waals surface area contributed by atoms with Crippen LogP contribution >= 0.6 is 0 Å². The Morgan fingerprint density at radius 1 is 0.975 bits per heavy atom. The summed E-state index contributed by atoms with van der Waals surface area (Å²) in [5, 5.41) is 0.912. The van der Waals surface area contributed by atoms with Gasteiger partial charge in [-0.2, -0.15) is 0 Å². The lowest BCUT2D eigenvalue weighted by molar-refractivity contribution is 0.0517. The summed E-state index contributed by atoms with van der Waals surface area (Å²) in [6.45, 7) is 6.96. The van der Waals surface area contributed by atoms with Crippen molar-refractivity contribution >= 4 is 45.2 Å². The molecule has 0 radical (unpaired) electrons. The summed E-state index contributed by atoms with van der Waals surface area (Å²) >= 11 is -2.34. The quantitative estimate of drug-likeness (QED) is 0.169. The fraction of sp³-hybridized carbons (Fsp3) is 0.344. The first kappa shape index (κ1) is 27.9. The van der Waals surface area contributed by atoms with E-state index in [0.29, 0.717) is 28.8 Å². The van der Waals surface area contributed by atoms with Crippen molar-refractivity contribution in [3.8, 4) is 5.69 Å². The zero-order valence-electron chi connectivity index (χ0n) is 23.4. The normalized spacial score (nSPS) is 14.7. The Balaban J connectivity index is 1.74. The van der Waals surface area contributed by atoms with Crippen LogP contribution in [-0.2, 0) is 16.0 Å². The molecule has 1 aliphatic carbocycles. The van der Waals surface area contributed by atoms with Crippen molar-refractivity contribution in [2.75, 3.05) is 22.4 Å². The van der Waals surface area contributed by atoms with Gasteiger partial charge in [0.25, 0.3) is 11.3 Å². The van der Waals surface area contributed by atoms with E-state index < -0.39 is 17.2 Å². The van der Waals surface area contributed by atoms with Crippen LogP contribution in [0.4, 0.5) is 17.1 Å². The van der Waals surface area contributed by atoms with Crippen LogP contribution in [-0.4, -0.2) is 38.5 Å². The maximum atomic E-state index is 13.1. The van der Waals surface area contributed by atoms with E-state index in [1.807, 2.05) is 84.3 Å². The zero-order chi connectivity index (χ0) is 28.2. The minimum atomic E-state index is -2.34. The Labute approximate surface area is 238 Å². The lowest BCUT2D eigenvalue weighted by Gasteiger charge is -2.38. The van der Waals surface area contributed by atoms with Gasteiger partial charge in [0.2, 0.25) is 0 Å². The lowest BCUT2D eigenvalue weighted by atomic mass is 9.93. The highest BCUT2D eigenvalue weighted by Crippen LogP contribution is 2.41. The van der Waals surface area contributed by atoms with E-state index in [-0.39, 0.29) is 6.61 Å². The third kappa shape index (κ3) is 5.51. The maximum Gasteiger partial charge on any atom is 0.355 e. The number of aryl methyl sites for hydroxylation is 1. The Hall–Kier alpha value is -3.62. The molecule has 1 saturated carbocycles. The van der Waals surface area contributed by atoms with Crippen LogP contribution in [0, 0.1) is 6.92 Å². The largest absolute Gasteiger partial charge is 0.461 e. The van der Waals surface area contributed by atoms with E-state index in [1.54, 1.807) is 6.92 Å². The van der Waals surface area contributed by atoms with Crippen LogP contribution in [0.1, 0.15) is 62.0 Å². The molecule has 0 amide bonds. The fourth-order valence-electron chi connectivity index (χ4n) is 5.86. The van der Waals surface area contributed by atoms with Gasteiger partial charge in [0.05, 0.1) is 29.2 Å². The van der Waals surface area contributed by atoms with Crippen LogP contribution in [0.5, 0.6) is 0 Å². The van der Waals surface area contributed by atoms with Crippen molar-refractivity contribution in [1.82, 2.24) is 4.57 Å². The summed E-state index contributed by atoms with van der Waals surface area (Å²) in [6, 6.07) is 23.6. The smallest absolute Gasteiger partial charge is 0.355 e. The molecule has 0 saturated heterocycles. The van der Waals surface area contributed by atoms with Crippen molar-refractivity contribution in [2.45, 2.75) is 58.9 Å². The number of anilines is 3. The van der Waals surface area contributed by atoms with E-state index in [2.05, 4.69) is 11.8 Å². The molecule has 40 heavy (non-hydrogen) atoms. The molecule has 3 aromatic carbocycles. The summed E-state index contributed by atoms with van der Waals surface area (Å²) in [5.41, 5.74) is 5.18. The third-order valence-corrected chi connectivity index (χ3v) is 8.44. The monoisotopic (exact) mass is 559 g/mol. The lowest BCUT2D eigenvalue weighted by Crippen LogP contribution is -2.38. The summed E-state index contributed by atoms with van der Waals surface area (Å²) in [4.78, 5) is 15.4. The van der Waals surface area contributed by atoms with Gasteiger partial charge in [0.1, 0.15) is 5.69 Å². The predicted octanol–water partition coefficient (Wildman–Crippen LogP) is 7.55. The molecule has 0 bridgehead atoms. The molecule has 0 spiro atoms. The second kappa shape index (κ2) is 12.3. The molecule has 1 heterocycles. The third-order valence-electron chi connectivity index (χ3n) is 7.72. The summed E-state index contributed by atoms with van der Waals surface area (Å²) in [5.74, 6) is -0.414. The van der Waals surface area contributed by atoms with E-state index in [9.17, 15) is 13.6 Å². The van der Waals surface area contributed by atoms with E-state index >= 15 is 0 Å². The van der Waals surface area contributed by atoms with Gasteiger partial charge in [-0.1, -0.05) is 55.2 Å². The second-order valence-electron chi connectivity index (χ2n) is 10.3. The van der Waals surface area contributed by atoms with Crippen LogP contribution in [0.15, 0.2) is 72.8 Å². The van der Waals surface area contributed by atoms with Crippen molar-refractivity contribution in [1.29, 1.82) is 0 Å². The van der Waals surface area contributed by atoms with Crippen LogP contribution in [0.3, 0.4) is 0 Å². The first-order valence-corrected chi connectivity index (χ1v) is 15.2. The molecule has 1 atom stereocenters. The molecule has 5 rings (SSSR count). The number of fused-ring (bicyclic) bond motifs is 1. The number of carbonyl (C=O) groups is 1. The molecule has 210 valence electrons. The van der Waals surface area contributed by atoms with Gasteiger partial charge in [0, 0.05) is 23.7 Å².